The number of fused-ring (bicyclic) bond motifs is 1. The van der Waals surface area contributed by atoms with Gasteiger partial charge in [-0.05, 0) is 35.9 Å². The number of nitrogens with zero attached hydrogens (tertiary/aromatic N) is 3. The number of anilines is 2. The molecular weight excluding hydrogens is 410 g/mol. The van der Waals surface area contributed by atoms with Gasteiger partial charge in [-0.3, -0.25) is 14.5 Å². The van der Waals surface area contributed by atoms with Gasteiger partial charge in [0.05, 0.1) is 22.5 Å². The Morgan fingerprint density at radius 3 is 2.26 bits per heavy atom. The van der Waals surface area contributed by atoms with Gasteiger partial charge in [-0.1, -0.05) is 54.1 Å². The second-order valence-electron chi connectivity index (χ2n) is 7.87. The molecule has 0 radical (unpaired) electrons. The predicted octanol–water partition coefficient (Wildman–Crippen LogP) is 4.46. The maximum Gasteiger partial charge on any atom is 0.268 e. The Bertz CT molecular complexity index is 1140. The summed E-state index contributed by atoms with van der Waals surface area (Å²) in [4.78, 5) is 32.2. The molecule has 1 fully saturated rings. The molecule has 3 aromatic carbocycles. The Morgan fingerprint density at radius 2 is 1.52 bits per heavy atom. The van der Waals surface area contributed by atoms with Gasteiger partial charge in [0.2, 0.25) is 0 Å². The largest absolute Gasteiger partial charge is 0.368 e. The number of benzene rings is 3. The summed E-state index contributed by atoms with van der Waals surface area (Å²) in [5.74, 6) is -0.587. The Morgan fingerprint density at radius 1 is 0.774 bits per heavy atom. The van der Waals surface area contributed by atoms with E-state index >= 15 is 0 Å². The van der Waals surface area contributed by atoms with Gasteiger partial charge in [0.1, 0.15) is 0 Å². The molecule has 31 heavy (non-hydrogen) atoms. The number of carbonyl (C=O) groups excluding carboxylic acids is 2. The van der Waals surface area contributed by atoms with Crippen molar-refractivity contribution in [1.29, 1.82) is 0 Å². The Kier molecular flexibility index (Phi) is 5.22. The summed E-state index contributed by atoms with van der Waals surface area (Å²) in [5.41, 5.74) is 3.57. The topological polar surface area (TPSA) is 43.9 Å². The lowest BCUT2D eigenvalue weighted by atomic mass is 10.1. The molecule has 5 nitrogen and oxygen atoms in total. The zero-order chi connectivity index (χ0) is 21.4. The molecule has 2 aliphatic rings. The summed E-state index contributed by atoms with van der Waals surface area (Å²) in [6.07, 6.45) is 0. The van der Waals surface area contributed by atoms with Crippen LogP contribution in [-0.4, -0.2) is 42.9 Å². The number of carbonyl (C=O) groups is 2. The molecule has 0 N–H and O–H groups in total. The maximum atomic E-state index is 13.3. The molecular formula is C25H22ClN3O2. The minimum atomic E-state index is -0.299. The Balaban J connectivity index is 1.37. The van der Waals surface area contributed by atoms with Gasteiger partial charge >= 0.3 is 0 Å². The van der Waals surface area contributed by atoms with Crippen LogP contribution in [0.3, 0.4) is 0 Å². The van der Waals surface area contributed by atoms with Crippen LogP contribution >= 0.6 is 11.6 Å². The number of rotatable bonds is 4. The van der Waals surface area contributed by atoms with Crippen LogP contribution in [0.5, 0.6) is 0 Å². The molecule has 2 amide bonds. The van der Waals surface area contributed by atoms with Gasteiger partial charge in [0.25, 0.3) is 11.8 Å². The lowest BCUT2D eigenvalue weighted by Gasteiger charge is -2.36. The minimum absolute atomic E-state index is 0.287. The van der Waals surface area contributed by atoms with Gasteiger partial charge < -0.3 is 4.90 Å². The highest BCUT2D eigenvalue weighted by Gasteiger charge is 2.39. The third-order valence-corrected chi connectivity index (χ3v) is 6.16. The monoisotopic (exact) mass is 431 g/mol. The van der Waals surface area contributed by atoms with Crippen molar-refractivity contribution < 1.29 is 9.59 Å². The lowest BCUT2D eigenvalue weighted by molar-refractivity contribution is 0.0926. The average Bonchev–Trinajstić information content (AvgIpc) is 3.05. The first-order valence-electron chi connectivity index (χ1n) is 10.4. The summed E-state index contributed by atoms with van der Waals surface area (Å²) in [6.45, 7) is 4.34. The van der Waals surface area contributed by atoms with Gasteiger partial charge in [-0.2, -0.15) is 0 Å². The molecule has 2 aliphatic heterocycles. The van der Waals surface area contributed by atoms with Crippen LogP contribution in [0.15, 0.2) is 72.8 Å². The highest BCUT2D eigenvalue weighted by atomic mass is 35.5. The summed E-state index contributed by atoms with van der Waals surface area (Å²) < 4.78 is 0. The van der Waals surface area contributed by atoms with E-state index in [0.717, 1.165) is 38.4 Å². The fraction of sp³-hybridized carbons (Fsp3) is 0.200. The van der Waals surface area contributed by atoms with Crippen LogP contribution in [0.2, 0.25) is 5.02 Å². The van der Waals surface area contributed by atoms with E-state index in [2.05, 4.69) is 34.1 Å². The molecule has 2 heterocycles. The van der Waals surface area contributed by atoms with Gasteiger partial charge in [0.15, 0.2) is 0 Å². The van der Waals surface area contributed by atoms with Gasteiger partial charge in [-0.15, -0.1) is 0 Å². The number of imide groups is 1. The molecule has 0 aliphatic carbocycles. The second kappa shape index (κ2) is 8.17. The summed E-state index contributed by atoms with van der Waals surface area (Å²) >= 11 is 6.09. The molecule has 0 saturated carbocycles. The minimum Gasteiger partial charge on any atom is -0.368 e. The summed E-state index contributed by atoms with van der Waals surface area (Å²) in [6, 6.07) is 22.8. The van der Waals surface area contributed by atoms with E-state index in [0.29, 0.717) is 21.8 Å². The number of piperazine rings is 1. The molecule has 6 heteroatoms. The number of amides is 2. The molecule has 156 valence electrons. The highest BCUT2D eigenvalue weighted by Crippen LogP contribution is 2.35. The van der Waals surface area contributed by atoms with E-state index in [4.69, 9.17) is 11.6 Å². The fourth-order valence-electron chi connectivity index (χ4n) is 4.37. The fourth-order valence-corrected chi connectivity index (χ4v) is 4.55. The SMILES string of the molecule is O=C1c2cccc(N3CCN(Cc4ccccc4)CC3)c2C(=O)N1c1cccc(Cl)c1. The highest BCUT2D eigenvalue weighted by molar-refractivity contribution is 6.37. The Labute approximate surface area is 186 Å². The third-order valence-electron chi connectivity index (χ3n) is 5.92. The molecule has 0 unspecified atom stereocenters. The van der Waals surface area contributed by atoms with Crippen LogP contribution in [-0.2, 0) is 6.54 Å². The van der Waals surface area contributed by atoms with E-state index < -0.39 is 0 Å². The van der Waals surface area contributed by atoms with E-state index in [-0.39, 0.29) is 11.8 Å². The van der Waals surface area contributed by atoms with Gasteiger partial charge in [-0.25, -0.2) is 4.90 Å². The van der Waals surface area contributed by atoms with Crippen molar-refractivity contribution >= 4 is 34.8 Å². The third kappa shape index (κ3) is 3.71. The quantitative estimate of drug-likeness (QED) is 0.572. The van der Waals surface area contributed by atoms with Crippen molar-refractivity contribution in [2.75, 3.05) is 36.0 Å². The molecule has 0 spiro atoms. The van der Waals surface area contributed by atoms with Crippen LogP contribution in [0.4, 0.5) is 11.4 Å². The zero-order valence-corrected chi connectivity index (χ0v) is 17.8. The number of hydrogen-bond donors (Lipinski definition) is 0. The standard InChI is InChI=1S/C25H22ClN3O2/c26-19-8-4-9-20(16-19)29-24(30)21-10-5-11-22(23(21)25(29)31)28-14-12-27(13-15-28)17-18-6-2-1-3-7-18/h1-11,16H,12-15,17H2. The van der Waals surface area contributed by atoms with Crippen LogP contribution in [0.25, 0.3) is 0 Å². The van der Waals surface area contributed by atoms with E-state index in [1.807, 2.05) is 18.2 Å². The summed E-state index contributed by atoms with van der Waals surface area (Å²) in [5, 5.41) is 0.490. The second-order valence-corrected chi connectivity index (χ2v) is 8.31. The molecule has 5 rings (SSSR count). The van der Waals surface area contributed by atoms with Crippen LogP contribution in [0.1, 0.15) is 26.3 Å². The van der Waals surface area contributed by atoms with E-state index in [9.17, 15) is 9.59 Å². The first kappa shape index (κ1) is 19.8. The molecule has 0 bridgehead atoms. The lowest BCUT2D eigenvalue weighted by Crippen LogP contribution is -2.46. The zero-order valence-electron chi connectivity index (χ0n) is 17.0. The van der Waals surface area contributed by atoms with Crippen LogP contribution < -0.4 is 9.80 Å². The van der Waals surface area contributed by atoms with E-state index in [1.165, 1.54) is 10.5 Å². The maximum absolute atomic E-state index is 13.3. The molecule has 0 aromatic heterocycles. The van der Waals surface area contributed by atoms with E-state index in [1.54, 1.807) is 30.3 Å². The predicted molar refractivity (Wildman–Crippen MR) is 123 cm³/mol. The van der Waals surface area contributed by atoms with Crippen molar-refractivity contribution in [2.24, 2.45) is 0 Å². The smallest absolute Gasteiger partial charge is 0.268 e. The van der Waals surface area contributed by atoms with Crippen molar-refractivity contribution in [3.8, 4) is 0 Å². The summed E-state index contributed by atoms with van der Waals surface area (Å²) in [7, 11) is 0. The first-order chi connectivity index (χ1) is 15.1. The van der Waals surface area contributed by atoms with Gasteiger partial charge in [0, 0.05) is 37.7 Å². The Hall–Kier alpha value is -3.15. The van der Waals surface area contributed by atoms with Crippen molar-refractivity contribution in [3.05, 3.63) is 94.5 Å². The van der Waals surface area contributed by atoms with Crippen LogP contribution in [0, 0.1) is 0 Å². The molecule has 0 atom stereocenters. The average molecular weight is 432 g/mol. The molecule has 1 saturated heterocycles. The normalized spacial score (nSPS) is 16.7. The number of halogens is 1. The molecule has 3 aromatic rings. The van der Waals surface area contributed by atoms with Crippen molar-refractivity contribution in [3.63, 3.8) is 0 Å². The first-order valence-corrected chi connectivity index (χ1v) is 10.8. The van der Waals surface area contributed by atoms with Crippen molar-refractivity contribution in [2.45, 2.75) is 6.54 Å². The number of hydrogen-bond acceptors (Lipinski definition) is 4. The van der Waals surface area contributed by atoms with Crippen molar-refractivity contribution in [1.82, 2.24) is 4.90 Å².